The predicted molar refractivity (Wildman–Crippen MR) is 82.5 cm³/mol. The van der Waals surface area contributed by atoms with Gasteiger partial charge in [-0.2, -0.15) is 0 Å². The van der Waals surface area contributed by atoms with Gasteiger partial charge in [-0.05, 0) is 33.7 Å². The van der Waals surface area contributed by atoms with Crippen LogP contribution in [0.3, 0.4) is 0 Å². The minimum atomic E-state index is -0.845. The molecule has 0 spiro atoms. The van der Waals surface area contributed by atoms with Crippen LogP contribution in [0.15, 0.2) is 0 Å². The molecule has 0 aliphatic heterocycles. The van der Waals surface area contributed by atoms with Crippen molar-refractivity contribution in [3.8, 4) is 0 Å². The Morgan fingerprint density at radius 1 is 1.14 bits per heavy atom. The zero-order chi connectivity index (χ0) is 16.3. The van der Waals surface area contributed by atoms with Crippen LogP contribution in [0.25, 0.3) is 0 Å². The molecule has 0 rings (SSSR count). The van der Waals surface area contributed by atoms with Crippen LogP contribution >= 0.6 is 0 Å². The highest BCUT2D eigenvalue weighted by molar-refractivity contribution is 5.69. The molecule has 0 saturated heterocycles. The molecule has 0 aromatic carbocycles. The van der Waals surface area contributed by atoms with Crippen LogP contribution in [0.1, 0.15) is 53.4 Å². The number of ether oxygens (including phenoxy) is 1. The predicted octanol–water partition coefficient (Wildman–Crippen LogP) is 2.48. The summed E-state index contributed by atoms with van der Waals surface area (Å²) < 4.78 is 5.13. The summed E-state index contributed by atoms with van der Waals surface area (Å²) in [6, 6.07) is 0. The fourth-order valence-electron chi connectivity index (χ4n) is 1.85. The minimum Gasteiger partial charge on any atom is -0.480 e. The van der Waals surface area contributed by atoms with Crippen LogP contribution in [0.5, 0.6) is 0 Å². The number of aliphatic carboxylic acids is 1. The van der Waals surface area contributed by atoms with Gasteiger partial charge in [0.1, 0.15) is 5.60 Å². The Bertz CT molecular complexity index is 313. The largest absolute Gasteiger partial charge is 0.480 e. The third kappa shape index (κ3) is 13.4. The third-order valence-corrected chi connectivity index (χ3v) is 2.78. The van der Waals surface area contributed by atoms with Crippen molar-refractivity contribution in [2.75, 3.05) is 26.2 Å². The highest BCUT2D eigenvalue weighted by atomic mass is 16.6. The van der Waals surface area contributed by atoms with Gasteiger partial charge in [-0.25, -0.2) is 4.79 Å². The number of hydrogen-bond donors (Lipinski definition) is 2. The number of alkyl carbamates (subject to hydrolysis) is 1. The smallest absolute Gasteiger partial charge is 0.407 e. The molecule has 0 heterocycles. The second-order valence-electron chi connectivity index (χ2n) is 6.16. The molecule has 0 aliphatic carbocycles. The zero-order valence-corrected chi connectivity index (χ0v) is 13.8. The van der Waals surface area contributed by atoms with Crippen LogP contribution < -0.4 is 5.32 Å². The first-order valence-electron chi connectivity index (χ1n) is 7.65. The second kappa shape index (κ2) is 10.4. The van der Waals surface area contributed by atoms with E-state index in [-0.39, 0.29) is 6.54 Å². The van der Waals surface area contributed by atoms with Crippen molar-refractivity contribution in [2.45, 2.75) is 59.0 Å². The molecule has 1 amide bonds. The van der Waals surface area contributed by atoms with Crippen molar-refractivity contribution >= 4 is 12.1 Å². The van der Waals surface area contributed by atoms with E-state index in [2.05, 4.69) is 12.2 Å². The summed E-state index contributed by atoms with van der Waals surface area (Å²) in [5, 5.41) is 11.5. The van der Waals surface area contributed by atoms with Gasteiger partial charge in [0.2, 0.25) is 0 Å². The molecular formula is C15H30N2O4. The lowest BCUT2D eigenvalue weighted by Crippen LogP contribution is -2.40. The maximum atomic E-state index is 11.5. The summed E-state index contributed by atoms with van der Waals surface area (Å²) >= 11 is 0. The fourth-order valence-corrected chi connectivity index (χ4v) is 1.85. The highest BCUT2D eigenvalue weighted by Crippen LogP contribution is 2.06. The molecule has 0 radical (unpaired) electrons. The normalized spacial score (nSPS) is 11.5. The van der Waals surface area contributed by atoms with Gasteiger partial charge in [0.05, 0.1) is 6.54 Å². The molecule has 0 atom stereocenters. The second-order valence-corrected chi connectivity index (χ2v) is 6.16. The molecule has 0 aromatic rings. The summed E-state index contributed by atoms with van der Waals surface area (Å²) in [7, 11) is 0. The lowest BCUT2D eigenvalue weighted by atomic mass is 10.2. The van der Waals surface area contributed by atoms with Crippen molar-refractivity contribution in [3.63, 3.8) is 0 Å². The van der Waals surface area contributed by atoms with E-state index in [1.807, 2.05) is 4.90 Å². The van der Waals surface area contributed by atoms with Gasteiger partial charge in [0.15, 0.2) is 0 Å². The molecule has 124 valence electrons. The number of carbonyl (C=O) groups is 2. The first-order chi connectivity index (χ1) is 9.74. The Morgan fingerprint density at radius 3 is 2.33 bits per heavy atom. The Balaban J connectivity index is 3.99. The standard InChI is InChI=1S/C15H30N2O4/c1-5-6-7-8-10-17(12-13(18)19)11-9-16-14(20)21-15(2,3)4/h5-12H2,1-4H3,(H,16,20)(H,18,19). The molecule has 21 heavy (non-hydrogen) atoms. The molecule has 0 saturated carbocycles. The molecule has 0 bridgehead atoms. The van der Waals surface area contributed by atoms with Crippen LogP contribution in [-0.2, 0) is 9.53 Å². The van der Waals surface area contributed by atoms with Gasteiger partial charge in [-0.3, -0.25) is 9.69 Å². The lowest BCUT2D eigenvalue weighted by Gasteiger charge is -2.22. The monoisotopic (exact) mass is 302 g/mol. The van der Waals surface area contributed by atoms with E-state index in [4.69, 9.17) is 9.84 Å². The molecular weight excluding hydrogens is 272 g/mol. The number of nitrogens with one attached hydrogen (secondary N) is 1. The van der Waals surface area contributed by atoms with Crippen molar-refractivity contribution in [3.05, 3.63) is 0 Å². The highest BCUT2D eigenvalue weighted by Gasteiger charge is 2.16. The maximum absolute atomic E-state index is 11.5. The zero-order valence-electron chi connectivity index (χ0n) is 13.8. The third-order valence-electron chi connectivity index (χ3n) is 2.78. The summed E-state index contributed by atoms with van der Waals surface area (Å²) in [5.41, 5.74) is -0.523. The Kier molecular flexibility index (Phi) is 9.78. The molecule has 6 nitrogen and oxygen atoms in total. The molecule has 0 unspecified atom stereocenters. The van der Waals surface area contributed by atoms with Crippen LogP contribution in [-0.4, -0.2) is 53.8 Å². The Labute approximate surface area is 127 Å². The van der Waals surface area contributed by atoms with E-state index in [1.54, 1.807) is 20.8 Å². The Morgan fingerprint density at radius 2 is 1.81 bits per heavy atom. The first-order valence-corrected chi connectivity index (χ1v) is 7.65. The van der Waals surface area contributed by atoms with Crippen molar-refractivity contribution in [1.82, 2.24) is 10.2 Å². The van der Waals surface area contributed by atoms with Crippen LogP contribution in [0, 0.1) is 0 Å². The Hall–Kier alpha value is -1.30. The average Bonchev–Trinajstić information content (AvgIpc) is 2.31. The minimum absolute atomic E-state index is 0.00211. The molecule has 6 heteroatoms. The van der Waals surface area contributed by atoms with E-state index >= 15 is 0 Å². The number of unbranched alkanes of at least 4 members (excludes halogenated alkanes) is 3. The number of amides is 1. The van der Waals surface area contributed by atoms with Crippen molar-refractivity contribution in [2.24, 2.45) is 0 Å². The molecule has 0 aromatic heterocycles. The van der Waals surface area contributed by atoms with Gasteiger partial charge < -0.3 is 15.2 Å². The number of carboxylic acid groups (broad SMARTS) is 1. The average molecular weight is 302 g/mol. The summed E-state index contributed by atoms with van der Waals surface area (Å²) in [6.45, 7) is 9.18. The van der Waals surface area contributed by atoms with E-state index in [0.717, 1.165) is 32.2 Å². The van der Waals surface area contributed by atoms with E-state index in [0.29, 0.717) is 13.1 Å². The number of carbonyl (C=O) groups excluding carboxylic acids is 1. The number of nitrogens with zero attached hydrogens (tertiary/aromatic N) is 1. The topological polar surface area (TPSA) is 78.9 Å². The SMILES string of the molecule is CCCCCCN(CCNC(=O)OC(C)(C)C)CC(=O)O. The summed E-state index contributed by atoms with van der Waals surface area (Å²) in [5.74, 6) is -0.845. The quantitative estimate of drug-likeness (QED) is 0.606. The van der Waals surface area contributed by atoms with Crippen LogP contribution in [0.2, 0.25) is 0 Å². The van der Waals surface area contributed by atoms with E-state index in [1.165, 1.54) is 0 Å². The van der Waals surface area contributed by atoms with Crippen molar-refractivity contribution in [1.29, 1.82) is 0 Å². The maximum Gasteiger partial charge on any atom is 0.407 e. The number of carboxylic acids is 1. The van der Waals surface area contributed by atoms with Gasteiger partial charge in [0, 0.05) is 13.1 Å². The molecule has 2 N–H and O–H groups in total. The van der Waals surface area contributed by atoms with Gasteiger partial charge in [-0.1, -0.05) is 26.2 Å². The first kappa shape index (κ1) is 19.7. The van der Waals surface area contributed by atoms with Gasteiger partial charge in [0.25, 0.3) is 0 Å². The van der Waals surface area contributed by atoms with Gasteiger partial charge in [-0.15, -0.1) is 0 Å². The number of rotatable bonds is 10. The van der Waals surface area contributed by atoms with E-state index in [9.17, 15) is 9.59 Å². The molecule has 0 aliphatic rings. The summed E-state index contributed by atoms with van der Waals surface area (Å²) in [4.78, 5) is 24.2. The summed E-state index contributed by atoms with van der Waals surface area (Å²) in [6.07, 6.45) is 3.93. The van der Waals surface area contributed by atoms with Crippen LogP contribution in [0.4, 0.5) is 4.79 Å². The number of hydrogen-bond acceptors (Lipinski definition) is 4. The van der Waals surface area contributed by atoms with Crippen molar-refractivity contribution < 1.29 is 19.4 Å². The van der Waals surface area contributed by atoms with Gasteiger partial charge >= 0.3 is 12.1 Å². The molecule has 0 fully saturated rings. The van der Waals surface area contributed by atoms with E-state index < -0.39 is 17.7 Å². The lowest BCUT2D eigenvalue weighted by molar-refractivity contribution is -0.138. The fraction of sp³-hybridized carbons (Fsp3) is 0.867.